The summed E-state index contributed by atoms with van der Waals surface area (Å²) in [6, 6.07) is 5.76. The van der Waals surface area contributed by atoms with Crippen LogP contribution in [0.5, 0.6) is 0 Å². The van der Waals surface area contributed by atoms with Crippen molar-refractivity contribution in [1.82, 2.24) is 14.3 Å². The number of aromatic nitrogens is 2. The van der Waals surface area contributed by atoms with Gasteiger partial charge in [0, 0.05) is 25.5 Å². The zero-order valence-corrected chi connectivity index (χ0v) is 9.99. The Morgan fingerprint density at radius 2 is 2.39 bits per heavy atom. The Kier molecular flexibility index (Phi) is 2.76. The lowest BCUT2D eigenvalue weighted by atomic mass is 10.3. The van der Waals surface area contributed by atoms with E-state index >= 15 is 0 Å². The van der Waals surface area contributed by atoms with Crippen molar-refractivity contribution in [3.05, 3.63) is 36.3 Å². The van der Waals surface area contributed by atoms with Gasteiger partial charge in [-0.25, -0.2) is 4.98 Å². The maximum absolute atomic E-state index is 12.0. The zero-order chi connectivity index (χ0) is 12.5. The molecular weight excluding hydrogens is 230 g/mol. The minimum atomic E-state index is -0.366. The molecule has 0 radical (unpaired) electrons. The number of pyridine rings is 1. The van der Waals surface area contributed by atoms with Gasteiger partial charge in [0.25, 0.3) is 0 Å². The van der Waals surface area contributed by atoms with Crippen LogP contribution in [0.2, 0.25) is 0 Å². The van der Waals surface area contributed by atoms with E-state index in [0.29, 0.717) is 25.9 Å². The normalized spacial score (nSPS) is 19.6. The van der Waals surface area contributed by atoms with Crippen molar-refractivity contribution in [1.29, 1.82) is 0 Å². The standard InChI is InChI=1S/C13H15N3O2/c17-11-4-6-16(9-11)13(18)7-10-8-15-5-2-1-3-12(15)14-10/h1-3,5,8,11,17H,4,6-7,9H2/t11-/m0/s1. The lowest BCUT2D eigenvalue weighted by Gasteiger charge is -2.14. The fourth-order valence-corrected chi connectivity index (χ4v) is 2.31. The molecule has 0 saturated carbocycles. The van der Waals surface area contributed by atoms with E-state index in [2.05, 4.69) is 4.98 Å². The van der Waals surface area contributed by atoms with E-state index in [1.165, 1.54) is 0 Å². The topological polar surface area (TPSA) is 57.8 Å². The van der Waals surface area contributed by atoms with Crippen LogP contribution in [0.4, 0.5) is 0 Å². The molecule has 0 aliphatic carbocycles. The number of aliphatic hydroxyl groups excluding tert-OH is 1. The molecule has 3 heterocycles. The first-order chi connectivity index (χ1) is 8.72. The molecule has 1 saturated heterocycles. The summed E-state index contributed by atoms with van der Waals surface area (Å²) in [6.45, 7) is 1.10. The van der Waals surface area contributed by atoms with Crippen LogP contribution < -0.4 is 0 Å². The van der Waals surface area contributed by atoms with Gasteiger partial charge in [-0.15, -0.1) is 0 Å². The molecular formula is C13H15N3O2. The summed E-state index contributed by atoms with van der Waals surface area (Å²) in [5.41, 5.74) is 1.62. The van der Waals surface area contributed by atoms with Crippen molar-refractivity contribution in [2.45, 2.75) is 18.9 Å². The molecule has 1 aliphatic heterocycles. The minimum Gasteiger partial charge on any atom is -0.391 e. The van der Waals surface area contributed by atoms with Crippen molar-refractivity contribution in [2.75, 3.05) is 13.1 Å². The van der Waals surface area contributed by atoms with Crippen molar-refractivity contribution in [3.63, 3.8) is 0 Å². The van der Waals surface area contributed by atoms with Gasteiger partial charge >= 0.3 is 0 Å². The molecule has 5 nitrogen and oxygen atoms in total. The number of hydrogen-bond acceptors (Lipinski definition) is 3. The van der Waals surface area contributed by atoms with Crippen molar-refractivity contribution in [2.24, 2.45) is 0 Å². The van der Waals surface area contributed by atoms with Crippen LogP contribution in [0, 0.1) is 0 Å². The molecule has 0 unspecified atom stereocenters. The Hall–Kier alpha value is -1.88. The molecule has 0 spiro atoms. The summed E-state index contributed by atoms with van der Waals surface area (Å²) in [7, 11) is 0. The highest BCUT2D eigenvalue weighted by Crippen LogP contribution is 2.12. The van der Waals surface area contributed by atoms with E-state index in [9.17, 15) is 9.90 Å². The second-order valence-electron chi connectivity index (χ2n) is 4.66. The monoisotopic (exact) mass is 245 g/mol. The number of β-amino-alcohol motifs (C(OH)–C–C–N with tert-alkyl or cyclic N) is 1. The van der Waals surface area contributed by atoms with E-state index < -0.39 is 0 Å². The summed E-state index contributed by atoms with van der Waals surface area (Å²) in [5.74, 6) is 0.0370. The highest BCUT2D eigenvalue weighted by molar-refractivity contribution is 5.78. The maximum Gasteiger partial charge on any atom is 0.228 e. The molecule has 0 bridgehead atoms. The Morgan fingerprint density at radius 1 is 1.50 bits per heavy atom. The Bertz CT molecular complexity index is 545. The van der Waals surface area contributed by atoms with Crippen molar-refractivity contribution >= 4 is 11.6 Å². The van der Waals surface area contributed by atoms with Gasteiger partial charge in [0.2, 0.25) is 5.91 Å². The Labute approximate surface area is 105 Å². The smallest absolute Gasteiger partial charge is 0.228 e. The number of imidazole rings is 1. The van der Waals surface area contributed by atoms with Gasteiger partial charge < -0.3 is 14.4 Å². The first kappa shape index (κ1) is 11.2. The van der Waals surface area contributed by atoms with E-state index in [0.717, 1.165) is 11.3 Å². The third kappa shape index (κ3) is 2.09. The number of aliphatic hydroxyl groups is 1. The molecule has 1 fully saturated rings. The summed E-state index contributed by atoms with van der Waals surface area (Å²) >= 11 is 0. The second kappa shape index (κ2) is 4.42. The van der Waals surface area contributed by atoms with Gasteiger partial charge in [0.1, 0.15) is 5.65 Å². The number of rotatable bonds is 2. The quantitative estimate of drug-likeness (QED) is 0.836. The summed E-state index contributed by atoms with van der Waals surface area (Å²) in [5, 5.41) is 9.42. The van der Waals surface area contributed by atoms with Gasteiger partial charge in [-0.2, -0.15) is 0 Å². The van der Waals surface area contributed by atoms with Crippen LogP contribution in [-0.4, -0.2) is 44.5 Å². The van der Waals surface area contributed by atoms with E-state index in [1.54, 1.807) is 4.90 Å². The zero-order valence-electron chi connectivity index (χ0n) is 9.99. The van der Waals surface area contributed by atoms with Crippen LogP contribution in [0.1, 0.15) is 12.1 Å². The molecule has 18 heavy (non-hydrogen) atoms. The molecule has 1 aliphatic rings. The fraction of sp³-hybridized carbons (Fsp3) is 0.385. The first-order valence-corrected chi connectivity index (χ1v) is 6.11. The molecule has 2 aromatic heterocycles. The number of fused-ring (bicyclic) bond motifs is 1. The van der Waals surface area contributed by atoms with Gasteiger partial charge in [-0.3, -0.25) is 4.79 Å². The highest BCUT2D eigenvalue weighted by atomic mass is 16.3. The molecule has 1 amide bonds. The first-order valence-electron chi connectivity index (χ1n) is 6.11. The van der Waals surface area contributed by atoms with Crippen LogP contribution in [-0.2, 0) is 11.2 Å². The van der Waals surface area contributed by atoms with Crippen molar-refractivity contribution < 1.29 is 9.90 Å². The number of amides is 1. The van der Waals surface area contributed by atoms with E-state index in [1.807, 2.05) is 35.0 Å². The number of hydrogen-bond donors (Lipinski definition) is 1. The Morgan fingerprint density at radius 3 is 3.11 bits per heavy atom. The molecule has 3 rings (SSSR count). The average Bonchev–Trinajstić information content (AvgIpc) is 2.94. The van der Waals surface area contributed by atoms with Crippen molar-refractivity contribution in [3.8, 4) is 0 Å². The SMILES string of the molecule is O=C(Cc1cn2ccccc2n1)N1CC[C@H](O)C1. The number of likely N-dealkylation sites (tertiary alicyclic amines) is 1. The molecule has 1 N–H and O–H groups in total. The van der Waals surface area contributed by atoms with Gasteiger partial charge in [-0.1, -0.05) is 6.07 Å². The Balaban J connectivity index is 1.74. The molecule has 2 aromatic rings. The number of carbonyl (C=O) groups excluding carboxylic acids is 1. The molecule has 1 atom stereocenters. The second-order valence-corrected chi connectivity index (χ2v) is 4.66. The summed E-state index contributed by atoms with van der Waals surface area (Å²) in [4.78, 5) is 18.1. The van der Waals surface area contributed by atoms with Crippen LogP contribution in [0.15, 0.2) is 30.6 Å². The van der Waals surface area contributed by atoms with E-state index in [4.69, 9.17) is 0 Å². The summed E-state index contributed by atoms with van der Waals surface area (Å²) < 4.78 is 1.90. The summed E-state index contributed by atoms with van der Waals surface area (Å²) in [6.07, 6.45) is 4.40. The minimum absolute atomic E-state index is 0.0370. The van der Waals surface area contributed by atoms with Gasteiger partial charge in [0.05, 0.1) is 18.2 Å². The maximum atomic E-state index is 12.0. The molecule has 0 aromatic carbocycles. The third-order valence-corrected chi connectivity index (χ3v) is 3.26. The molecule has 94 valence electrons. The predicted molar refractivity (Wildman–Crippen MR) is 66.1 cm³/mol. The average molecular weight is 245 g/mol. The van der Waals surface area contributed by atoms with Crippen LogP contribution in [0.25, 0.3) is 5.65 Å². The van der Waals surface area contributed by atoms with Gasteiger partial charge in [-0.05, 0) is 18.6 Å². The molecule has 5 heteroatoms. The van der Waals surface area contributed by atoms with E-state index in [-0.39, 0.29) is 12.0 Å². The lowest BCUT2D eigenvalue weighted by molar-refractivity contribution is -0.129. The highest BCUT2D eigenvalue weighted by Gasteiger charge is 2.24. The number of carbonyl (C=O) groups is 1. The van der Waals surface area contributed by atoms with Crippen LogP contribution in [0.3, 0.4) is 0 Å². The third-order valence-electron chi connectivity index (χ3n) is 3.26. The van der Waals surface area contributed by atoms with Gasteiger partial charge in [0.15, 0.2) is 0 Å². The fourth-order valence-electron chi connectivity index (χ4n) is 2.31. The predicted octanol–water partition coefficient (Wildman–Crippen LogP) is 0.470. The van der Waals surface area contributed by atoms with Crippen LogP contribution >= 0.6 is 0 Å². The lowest BCUT2D eigenvalue weighted by Crippen LogP contribution is -2.30. The number of nitrogens with zero attached hydrogens (tertiary/aromatic N) is 3. The largest absolute Gasteiger partial charge is 0.391 e.